The number of rotatable bonds is 7. The number of esters is 4. The van der Waals surface area contributed by atoms with Gasteiger partial charge in [0.15, 0.2) is 24.4 Å². The first-order valence-electron chi connectivity index (χ1n) is 10.4. The zero-order valence-electron chi connectivity index (χ0n) is 19.9. The number of hydrogen-bond acceptors (Lipinski definition) is 10. The zero-order valence-corrected chi connectivity index (χ0v) is 19.9. The molecule has 0 unspecified atom stereocenters. The van der Waals surface area contributed by atoms with Crippen LogP contribution in [0.15, 0.2) is 34.9 Å². The van der Waals surface area contributed by atoms with Gasteiger partial charge in [-0.3, -0.25) is 4.79 Å². The maximum absolute atomic E-state index is 12.6. The van der Waals surface area contributed by atoms with E-state index in [-0.39, 0.29) is 16.7 Å². The van der Waals surface area contributed by atoms with Crippen LogP contribution in [0.4, 0.5) is 0 Å². The Morgan fingerprint density at radius 2 is 0.818 bits per heavy atom. The highest BCUT2D eigenvalue weighted by Crippen LogP contribution is 2.32. The van der Waals surface area contributed by atoms with Crippen molar-refractivity contribution in [3.63, 3.8) is 0 Å². The van der Waals surface area contributed by atoms with E-state index in [1.54, 1.807) is 20.8 Å². The molecule has 1 aliphatic rings. The third-order valence-electron chi connectivity index (χ3n) is 5.29. The maximum atomic E-state index is 12.6. The fraction of sp³-hybridized carbons (Fsp3) is 0.565. The predicted octanol–water partition coefficient (Wildman–Crippen LogP) is 1.29. The lowest BCUT2D eigenvalue weighted by atomic mass is 9.84. The molecule has 1 saturated carbocycles. The monoisotopic (exact) mass is 468 g/mol. The van der Waals surface area contributed by atoms with Gasteiger partial charge in [-0.25, -0.2) is 14.4 Å². The molecule has 0 aliphatic heterocycles. The highest BCUT2D eigenvalue weighted by atomic mass is 16.6. The van der Waals surface area contributed by atoms with Crippen LogP contribution in [0.25, 0.3) is 0 Å². The number of allylic oxidation sites excluding steroid dienone is 3. The molecule has 0 heterocycles. The van der Waals surface area contributed by atoms with Crippen LogP contribution in [0.2, 0.25) is 0 Å². The Bertz CT molecular complexity index is 853. The maximum Gasteiger partial charge on any atom is 0.333 e. The van der Waals surface area contributed by atoms with Crippen molar-refractivity contribution < 1.29 is 48.3 Å². The largest absolute Gasteiger partial charge is 0.456 e. The molecular formula is C23H32O10. The molecule has 6 atom stereocenters. The lowest BCUT2D eigenvalue weighted by Gasteiger charge is -2.45. The molecule has 1 fully saturated rings. The Balaban J connectivity index is 3.58. The summed E-state index contributed by atoms with van der Waals surface area (Å²) in [6.07, 6.45) is -5.68. The second-order valence-electron chi connectivity index (χ2n) is 7.58. The highest BCUT2D eigenvalue weighted by Gasteiger charge is 2.57. The van der Waals surface area contributed by atoms with Crippen molar-refractivity contribution in [1.82, 2.24) is 0 Å². The van der Waals surface area contributed by atoms with E-state index in [0.717, 1.165) is 6.92 Å². The number of aliphatic hydroxyl groups is 2. The first-order chi connectivity index (χ1) is 15.4. The van der Waals surface area contributed by atoms with Crippen molar-refractivity contribution in [2.75, 3.05) is 0 Å². The van der Waals surface area contributed by atoms with Crippen LogP contribution in [0.3, 0.4) is 0 Å². The summed E-state index contributed by atoms with van der Waals surface area (Å²) < 4.78 is 21.4. The van der Waals surface area contributed by atoms with Crippen LogP contribution < -0.4 is 0 Å². The molecule has 0 aromatic carbocycles. The molecule has 1 rings (SSSR count). The minimum absolute atomic E-state index is 0.184. The van der Waals surface area contributed by atoms with Gasteiger partial charge in [0.1, 0.15) is 12.2 Å². The van der Waals surface area contributed by atoms with Gasteiger partial charge < -0.3 is 29.2 Å². The summed E-state index contributed by atoms with van der Waals surface area (Å²) in [5, 5.41) is 21.4. The summed E-state index contributed by atoms with van der Waals surface area (Å²) in [5.41, 5.74) is 0.557. The molecule has 0 radical (unpaired) electrons. The van der Waals surface area contributed by atoms with Gasteiger partial charge in [-0.05, 0) is 41.5 Å². The van der Waals surface area contributed by atoms with Crippen LogP contribution in [0, 0.1) is 0 Å². The Kier molecular flexibility index (Phi) is 10.5. The number of carbonyl (C=O) groups is 4. The van der Waals surface area contributed by atoms with Gasteiger partial charge in [0.2, 0.25) is 0 Å². The molecule has 0 spiro atoms. The molecule has 184 valence electrons. The average Bonchev–Trinajstić information content (AvgIpc) is 2.79. The van der Waals surface area contributed by atoms with Gasteiger partial charge in [-0.2, -0.15) is 0 Å². The molecule has 0 amide bonds. The number of hydrogen-bond donors (Lipinski definition) is 2. The summed E-state index contributed by atoms with van der Waals surface area (Å²) in [6, 6.07) is 0. The molecule has 2 N–H and O–H groups in total. The van der Waals surface area contributed by atoms with Crippen molar-refractivity contribution in [3.8, 4) is 0 Å². The quantitative estimate of drug-likeness (QED) is 0.318. The van der Waals surface area contributed by atoms with E-state index in [0.29, 0.717) is 0 Å². The third-order valence-corrected chi connectivity index (χ3v) is 5.29. The Labute approximate surface area is 192 Å². The summed E-state index contributed by atoms with van der Waals surface area (Å²) in [7, 11) is 0. The van der Waals surface area contributed by atoms with E-state index >= 15 is 0 Å². The summed E-state index contributed by atoms with van der Waals surface area (Å²) in [4.78, 5) is 49.2. The Morgan fingerprint density at radius 3 is 1.09 bits per heavy atom. The Morgan fingerprint density at radius 1 is 0.545 bits per heavy atom. The molecule has 0 bridgehead atoms. The fourth-order valence-corrected chi connectivity index (χ4v) is 2.89. The van der Waals surface area contributed by atoms with Gasteiger partial charge in [0.25, 0.3) is 0 Å². The smallest absolute Gasteiger partial charge is 0.333 e. The fourth-order valence-electron chi connectivity index (χ4n) is 2.89. The third kappa shape index (κ3) is 7.00. The van der Waals surface area contributed by atoms with Crippen molar-refractivity contribution >= 4 is 23.9 Å². The van der Waals surface area contributed by atoms with Gasteiger partial charge >= 0.3 is 23.9 Å². The van der Waals surface area contributed by atoms with E-state index in [4.69, 9.17) is 18.9 Å². The van der Waals surface area contributed by atoms with Crippen LogP contribution in [0.1, 0.15) is 48.5 Å². The zero-order chi connectivity index (χ0) is 25.5. The standard InChI is InChI=1S/C23H32O10/c1-8-11(4)21(27)31-18-16(26)15(25)17(30-14(7)24)19(32-22(28)12(5)9-2)20(18)33-23(29)13(6)10-3/h8-10,15-20,25-26H,1-7H3/b11-8-,12-9-,13-10-/t15-,16-,17-,18-,19+,20+/m1/s1. The SMILES string of the molecule is C/C=C(/C)C(=O)O[C@@H]1[C@@H](OC(=O)/C(C)=C\C)[C@H](OC(=O)/C(C)=C\C)[C@H](O)[C@@H](O)[C@H]1OC(C)=O. The minimum atomic E-state index is -1.83. The van der Waals surface area contributed by atoms with Crippen molar-refractivity contribution in [2.24, 2.45) is 0 Å². The predicted molar refractivity (Wildman–Crippen MR) is 116 cm³/mol. The van der Waals surface area contributed by atoms with Gasteiger partial charge in [0, 0.05) is 23.6 Å². The second kappa shape index (κ2) is 12.3. The van der Waals surface area contributed by atoms with Gasteiger partial charge in [-0.15, -0.1) is 0 Å². The molecule has 0 aromatic rings. The van der Waals surface area contributed by atoms with E-state index in [9.17, 15) is 29.4 Å². The van der Waals surface area contributed by atoms with E-state index in [2.05, 4.69) is 0 Å². The normalized spacial score (nSPS) is 28.6. The van der Waals surface area contributed by atoms with Crippen LogP contribution in [-0.4, -0.2) is 70.7 Å². The molecule has 10 heteroatoms. The minimum Gasteiger partial charge on any atom is -0.456 e. The lowest BCUT2D eigenvalue weighted by molar-refractivity contribution is -0.249. The lowest BCUT2D eigenvalue weighted by Crippen LogP contribution is -2.67. The number of ether oxygens (including phenoxy) is 4. The van der Waals surface area contributed by atoms with Crippen molar-refractivity contribution in [3.05, 3.63) is 34.9 Å². The number of carbonyl (C=O) groups excluding carboxylic acids is 4. The molecule has 10 nitrogen and oxygen atoms in total. The molecule has 1 aliphatic carbocycles. The first kappa shape index (κ1) is 28.1. The molecular weight excluding hydrogens is 436 g/mol. The highest BCUT2D eigenvalue weighted by molar-refractivity contribution is 5.89. The van der Waals surface area contributed by atoms with Crippen molar-refractivity contribution in [1.29, 1.82) is 0 Å². The molecule has 33 heavy (non-hydrogen) atoms. The van der Waals surface area contributed by atoms with Crippen LogP contribution >= 0.6 is 0 Å². The van der Waals surface area contributed by atoms with Crippen LogP contribution in [0.5, 0.6) is 0 Å². The van der Waals surface area contributed by atoms with E-state index in [1.165, 1.54) is 39.0 Å². The summed E-state index contributed by atoms with van der Waals surface area (Å²) in [5.74, 6) is -3.38. The topological polar surface area (TPSA) is 146 Å². The first-order valence-corrected chi connectivity index (χ1v) is 10.4. The van der Waals surface area contributed by atoms with Gasteiger partial charge in [-0.1, -0.05) is 18.2 Å². The molecule has 0 saturated heterocycles. The average molecular weight is 468 g/mol. The number of aliphatic hydroxyl groups excluding tert-OH is 2. The second-order valence-corrected chi connectivity index (χ2v) is 7.58. The van der Waals surface area contributed by atoms with Gasteiger partial charge in [0.05, 0.1) is 0 Å². The summed E-state index contributed by atoms with van der Waals surface area (Å²) in [6.45, 7) is 10.2. The summed E-state index contributed by atoms with van der Waals surface area (Å²) >= 11 is 0. The van der Waals surface area contributed by atoms with E-state index in [1.807, 2.05) is 0 Å². The van der Waals surface area contributed by atoms with E-state index < -0.39 is 60.5 Å². The van der Waals surface area contributed by atoms with Crippen molar-refractivity contribution in [2.45, 2.75) is 85.1 Å². The molecule has 0 aromatic heterocycles. The Hall–Kier alpha value is -2.98. The van der Waals surface area contributed by atoms with Crippen LogP contribution in [-0.2, 0) is 38.1 Å².